The Bertz CT molecular complexity index is 1980. The summed E-state index contributed by atoms with van der Waals surface area (Å²) in [7, 11) is 1.69. The van der Waals surface area contributed by atoms with Gasteiger partial charge in [-0.15, -0.1) is 0 Å². The van der Waals surface area contributed by atoms with Gasteiger partial charge in [-0.1, -0.05) is 71.1 Å². The van der Waals surface area contributed by atoms with Crippen LogP contribution in [0.5, 0.6) is 0 Å². The highest BCUT2D eigenvalue weighted by atomic mass is 31.2. The summed E-state index contributed by atoms with van der Waals surface area (Å²) < 4.78 is 48.1. The third-order valence-corrected chi connectivity index (χ3v) is 15.7. The largest absolute Gasteiger partial charge is 0.460 e. The number of hydrogen-bond donors (Lipinski definition) is 3. The van der Waals surface area contributed by atoms with Crippen molar-refractivity contribution in [1.29, 1.82) is 0 Å². The first-order valence-corrected chi connectivity index (χ1v) is 27.8. The van der Waals surface area contributed by atoms with Gasteiger partial charge in [-0.05, 0) is 101 Å². The summed E-state index contributed by atoms with van der Waals surface area (Å²) in [6.45, 7) is 15.2. The molecule has 1 unspecified atom stereocenters. The van der Waals surface area contributed by atoms with Crippen LogP contribution in [-0.2, 0) is 56.7 Å². The fourth-order valence-electron chi connectivity index (χ4n) is 10.5. The molecule has 0 aromatic rings. The number of hydrogen-bond acceptors (Lipinski definition) is 15. The molecule has 17 heteroatoms. The number of ether oxygens (including phenoxy) is 5. The Kier molecular flexibility index (Phi) is 22.6. The molecule has 2 saturated heterocycles. The smallest absolute Gasteiger partial charge is 0.329 e. The Morgan fingerprint density at radius 3 is 2.19 bits per heavy atom. The molecule has 16 atom stereocenters. The molecule has 0 radical (unpaired) electrons. The number of piperidine rings is 1. The number of aliphatic hydroxyl groups excluding tert-OH is 2. The molecule has 3 heterocycles. The number of fused-ring (bicyclic) bond motifs is 3. The lowest BCUT2D eigenvalue weighted by atomic mass is 9.78. The first kappa shape index (κ1) is 59.4. The lowest BCUT2D eigenvalue weighted by Crippen LogP contribution is -2.62. The summed E-state index contributed by atoms with van der Waals surface area (Å²) in [5, 5.41) is 34.3. The molecule has 2 bridgehead atoms. The molecule has 3 N–H and O–H groups in total. The van der Waals surface area contributed by atoms with Gasteiger partial charge < -0.3 is 48.4 Å². The van der Waals surface area contributed by atoms with Gasteiger partial charge in [0.1, 0.15) is 30.1 Å². The van der Waals surface area contributed by atoms with Gasteiger partial charge in [-0.25, -0.2) is 4.79 Å². The maximum Gasteiger partial charge on any atom is 0.329 e. The normalized spacial score (nSPS) is 39.7. The molecular formula is C53H84NO15P. The van der Waals surface area contributed by atoms with E-state index in [1.165, 1.54) is 7.11 Å². The molecular weight excluding hydrogens is 922 g/mol. The quantitative estimate of drug-likeness (QED) is 0.0995. The van der Waals surface area contributed by atoms with Crippen LogP contribution in [0, 0.1) is 35.5 Å². The molecule has 70 heavy (non-hydrogen) atoms. The zero-order valence-electron chi connectivity index (χ0n) is 43.7. The molecule has 16 nitrogen and oxygen atoms in total. The first-order valence-electron chi connectivity index (χ1n) is 25.2. The molecule has 4 rings (SSSR count). The second-order valence-corrected chi connectivity index (χ2v) is 23.8. The highest BCUT2D eigenvalue weighted by molar-refractivity contribution is 7.57. The number of carbonyl (C=O) groups is 5. The maximum absolute atomic E-state index is 14.5. The number of aliphatic hydroxyl groups is 3. The van der Waals surface area contributed by atoms with Crippen LogP contribution in [0.4, 0.5) is 0 Å². The zero-order chi connectivity index (χ0) is 52.2. The van der Waals surface area contributed by atoms with Gasteiger partial charge in [0.05, 0.1) is 30.5 Å². The third-order valence-electron chi connectivity index (χ3n) is 14.9. The topological polar surface area (TPSA) is 222 Å². The Balaban J connectivity index is 1.72. The van der Waals surface area contributed by atoms with Crippen molar-refractivity contribution >= 4 is 36.6 Å². The summed E-state index contributed by atoms with van der Waals surface area (Å²) in [6, 6.07) is -1.33. The van der Waals surface area contributed by atoms with Crippen molar-refractivity contribution in [3.05, 3.63) is 47.6 Å². The summed E-state index contributed by atoms with van der Waals surface area (Å²) in [5.74, 6) is -8.88. The van der Waals surface area contributed by atoms with Crippen LogP contribution in [0.1, 0.15) is 119 Å². The van der Waals surface area contributed by atoms with E-state index in [1.807, 2.05) is 51.2 Å². The Hall–Kier alpha value is -3.18. The van der Waals surface area contributed by atoms with Crippen LogP contribution < -0.4 is 0 Å². The van der Waals surface area contributed by atoms with Crippen LogP contribution in [0.25, 0.3) is 0 Å². The molecule has 1 aliphatic carbocycles. The average Bonchev–Trinajstić information content (AvgIpc) is 3.30. The van der Waals surface area contributed by atoms with Gasteiger partial charge in [0.2, 0.25) is 5.79 Å². The minimum atomic E-state index is -2.81. The lowest BCUT2D eigenvalue weighted by molar-refractivity contribution is -0.265. The molecule has 3 aliphatic heterocycles. The highest BCUT2D eigenvalue weighted by Gasteiger charge is 2.53. The predicted octanol–water partition coefficient (Wildman–Crippen LogP) is 6.71. The summed E-state index contributed by atoms with van der Waals surface area (Å²) in [5.41, 5.74) is 1.20. The van der Waals surface area contributed by atoms with Crippen molar-refractivity contribution in [3.63, 3.8) is 0 Å². The molecule has 1 amide bonds. The van der Waals surface area contributed by atoms with Crippen molar-refractivity contribution in [2.24, 2.45) is 35.5 Å². The molecule has 0 aromatic heterocycles. The van der Waals surface area contributed by atoms with E-state index in [0.717, 1.165) is 10.5 Å². The van der Waals surface area contributed by atoms with Crippen LogP contribution in [0.15, 0.2) is 47.6 Å². The number of ketones is 3. The second-order valence-electron chi connectivity index (χ2n) is 21.1. The van der Waals surface area contributed by atoms with E-state index in [1.54, 1.807) is 61.3 Å². The van der Waals surface area contributed by atoms with E-state index >= 15 is 0 Å². The van der Waals surface area contributed by atoms with Crippen LogP contribution in [0.3, 0.4) is 0 Å². The molecule has 4 aliphatic rings. The van der Waals surface area contributed by atoms with E-state index in [2.05, 4.69) is 0 Å². The minimum Gasteiger partial charge on any atom is -0.460 e. The number of nitrogens with zero attached hydrogens (tertiary/aromatic N) is 1. The van der Waals surface area contributed by atoms with E-state index in [0.29, 0.717) is 50.5 Å². The monoisotopic (exact) mass is 1010 g/mol. The van der Waals surface area contributed by atoms with Gasteiger partial charge >= 0.3 is 5.97 Å². The Morgan fingerprint density at radius 1 is 0.843 bits per heavy atom. The van der Waals surface area contributed by atoms with Gasteiger partial charge in [0.25, 0.3) is 11.7 Å². The van der Waals surface area contributed by atoms with Gasteiger partial charge in [0, 0.05) is 71.8 Å². The summed E-state index contributed by atoms with van der Waals surface area (Å²) in [6.07, 6.45) is 8.35. The number of Topliss-reactive ketones (excluding diaryl/α,β-unsaturated/α-hetero) is 3. The van der Waals surface area contributed by atoms with Crippen molar-refractivity contribution in [3.8, 4) is 0 Å². The van der Waals surface area contributed by atoms with E-state index in [4.69, 9.17) is 28.2 Å². The van der Waals surface area contributed by atoms with Crippen molar-refractivity contribution < 1.29 is 72.1 Å². The number of esters is 1. The fourth-order valence-corrected chi connectivity index (χ4v) is 11.4. The lowest BCUT2D eigenvalue weighted by Gasteiger charge is -2.43. The number of amides is 1. The minimum absolute atomic E-state index is 0.00214. The number of carbonyl (C=O) groups excluding carboxylic acids is 5. The number of methoxy groups -OCH3 is 3. The summed E-state index contributed by atoms with van der Waals surface area (Å²) in [4.78, 5) is 72.1. The standard InChI is InChI=1S/C53H84NO15P/c1-31-16-14-13-15-17-32(2)44(64-8)28-40-21-18-37(7)53(62,68-40)50(59)51(60)54-30-39(55)20-22-41(54)52(61)67-45(34(4)26-38-19-23-43(46(27-38)65-9)69-70(11,12)63)29-42(56)33(3)25-36(6)48(58)49(66-10)47(57)35(5)24-31/h13-17,25,31,33-35,37-41,43-46,48-49,55,58,62H,18-24,26-30H2,1-12H3/b15-13+,16-14+,32-17+,36-25+/t31-,33-,34-,35-,37-,38+,39?,40+,41+,43-,44+,45+,46-,48-,49+,53-/m1/s1. The number of cyclic esters (lactones) is 1. The number of rotatable bonds is 8. The van der Waals surface area contributed by atoms with Crippen LogP contribution >= 0.6 is 7.37 Å². The molecule has 396 valence electrons. The summed E-state index contributed by atoms with van der Waals surface area (Å²) >= 11 is 0. The highest BCUT2D eigenvalue weighted by Crippen LogP contribution is 2.45. The maximum atomic E-state index is 14.5. The predicted molar refractivity (Wildman–Crippen MR) is 265 cm³/mol. The Morgan fingerprint density at radius 2 is 1.54 bits per heavy atom. The van der Waals surface area contributed by atoms with Crippen LogP contribution in [0.2, 0.25) is 0 Å². The SMILES string of the molecule is CO[C@H]1C[C@@H]2CC[C@@H](C)[C@@](O)(O2)C(=O)C(=O)N2CC(O)CC[C@H]2C(=O)O[C@H]([C@H](C)C[C@@H]2CC[C@@H](OP(C)(C)=O)[C@H](OC)C2)CC(=O)[C@H](C)/C=C(\C)[C@@H](O)[C@@H](OC)C(=O)[C@H](C)C[C@H](C)/C=C/C=C/C=C/1C. The van der Waals surface area contributed by atoms with E-state index < -0.39 is 97.2 Å². The van der Waals surface area contributed by atoms with Gasteiger partial charge in [-0.3, -0.25) is 23.7 Å². The molecule has 3 fully saturated rings. The average molecular weight is 1010 g/mol. The van der Waals surface area contributed by atoms with Gasteiger partial charge in [-0.2, -0.15) is 0 Å². The van der Waals surface area contributed by atoms with Crippen molar-refractivity contribution in [1.82, 2.24) is 4.90 Å². The molecule has 0 spiro atoms. The number of allylic oxidation sites excluding steroid dienone is 6. The Labute approximate surface area is 416 Å². The fraction of sp³-hybridized carbons (Fsp3) is 0.755. The molecule has 0 aromatic carbocycles. The first-order chi connectivity index (χ1) is 32.8. The van der Waals surface area contributed by atoms with Crippen molar-refractivity contribution in [2.45, 2.75) is 180 Å². The third kappa shape index (κ3) is 16.2. The molecule has 1 saturated carbocycles. The van der Waals surface area contributed by atoms with E-state index in [9.17, 15) is 43.9 Å². The van der Waals surface area contributed by atoms with Gasteiger partial charge in [0.15, 0.2) is 13.2 Å². The van der Waals surface area contributed by atoms with Crippen LogP contribution in [-0.4, -0.2) is 151 Å². The zero-order valence-corrected chi connectivity index (χ0v) is 44.6. The van der Waals surface area contributed by atoms with E-state index in [-0.39, 0.29) is 67.8 Å². The van der Waals surface area contributed by atoms with Crippen molar-refractivity contribution in [2.75, 3.05) is 41.2 Å². The second kappa shape index (κ2) is 26.7.